The van der Waals surface area contributed by atoms with Crippen molar-refractivity contribution in [3.8, 4) is 11.5 Å². The van der Waals surface area contributed by atoms with Crippen molar-refractivity contribution in [2.45, 2.75) is 45.3 Å². The standard InChI is InChI=1S/C38H44ClN3O8S/c1-26-33(34-20-31(48-2)13-14-35(34)42(26)38(46)28-9-11-29(39)12-10-28)21-37(45)50-23-30(43)24-51(47)25-36(44)40-15-6-18-49-32-8-5-7-27(19-32)22-41-16-3-4-17-41/h5,7-14,19-20,30,43H,3-4,6,15-18,21-25H2,1-2H3,(H,40,44). The molecular weight excluding hydrogens is 694 g/mol. The van der Waals surface area contributed by atoms with Crippen LogP contribution in [0.25, 0.3) is 10.9 Å². The Morgan fingerprint density at radius 1 is 1.04 bits per heavy atom. The largest absolute Gasteiger partial charge is 0.616 e. The van der Waals surface area contributed by atoms with E-state index in [9.17, 15) is 24.0 Å². The molecule has 0 saturated carbocycles. The lowest BCUT2D eigenvalue weighted by molar-refractivity contribution is -0.145. The number of aliphatic hydroxyl groups is 1. The van der Waals surface area contributed by atoms with Crippen LogP contribution in [0.4, 0.5) is 0 Å². The maximum Gasteiger partial charge on any atom is 0.310 e. The first kappa shape index (κ1) is 38.2. The first-order valence-electron chi connectivity index (χ1n) is 17.0. The number of carbonyl (C=O) groups excluding carboxylic acids is 3. The van der Waals surface area contributed by atoms with Gasteiger partial charge in [0.25, 0.3) is 11.8 Å². The number of esters is 1. The summed E-state index contributed by atoms with van der Waals surface area (Å²) in [7, 11) is 1.53. The molecule has 3 aromatic carbocycles. The maximum atomic E-state index is 13.5. The fourth-order valence-electron chi connectivity index (χ4n) is 6.12. The maximum absolute atomic E-state index is 13.5. The molecule has 1 aliphatic heterocycles. The van der Waals surface area contributed by atoms with E-state index < -0.39 is 35.8 Å². The summed E-state index contributed by atoms with van der Waals surface area (Å²) in [6.45, 7) is 5.30. The Kier molecular flexibility index (Phi) is 13.8. The molecule has 0 aliphatic carbocycles. The van der Waals surface area contributed by atoms with Crippen LogP contribution in [0.5, 0.6) is 11.5 Å². The van der Waals surface area contributed by atoms with E-state index in [-0.39, 0.29) is 23.8 Å². The second-order valence-corrected chi connectivity index (χ2v) is 14.5. The van der Waals surface area contributed by atoms with Crippen molar-refractivity contribution < 1.29 is 38.3 Å². The third-order valence-electron chi connectivity index (χ3n) is 8.68. The lowest BCUT2D eigenvalue weighted by Gasteiger charge is -2.16. The summed E-state index contributed by atoms with van der Waals surface area (Å²) in [5, 5.41) is 14.3. The van der Waals surface area contributed by atoms with Crippen LogP contribution in [0.1, 0.15) is 46.4 Å². The van der Waals surface area contributed by atoms with Gasteiger partial charge in [-0.15, -0.1) is 0 Å². The summed E-state index contributed by atoms with van der Waals surface area (Å²) in [4.78, 5) is 41.2. The molecule has 1 aromatic heterocycles. The first-order chi connectivity index (χ1) is 24.6. The molecule has 5 rings (SSSR count). The number of rotatable bonds is 17. The number of hydrogen-bond donors (Lipinski definition) is 2. The number of hydrogen-bond acceptors (Lipinski definition) is 9. The fourth-order valence-corrected chi connectivity index (χ4v) is 7.29. The van der Waals surface area contributed by atoms with E-state index in [4.69, 9.17) is 25.8 Å². The molecule has 2 atom stereocenters. The summed E-state index contributed by atoms with van der Waals surface area (Å²) >= 11 is 4.33. The number of ether oxygens (including phenoxy) is 3. The number of carbonyl (C=O) groups is 3. The van der Waals surface area contributed by atoms with Crippen LogP contribution in [-0.4, -0.2) is 94.5 Å². The Bertz CT molecular complexity index is 1810. The van der Waals surface area contributed by atoms with Crippen molar-refractivity contribution in [1.82, 2.24) is 14.8 Å². The van der Waals surface area contributed by atoms with E-state index in [1.165, 1.54) is 30.1 Å². The Morgan fingerprint density at radius 3 is 2.55 bits per heavy atom. The Balaban J connectivity index is 1.04. The molecular formula is C38H44ClN3O8S. The highest BCUT2D eigenvalue weighted by molar-refractivity contribution is 7.92. The van der Waals surface area contributed by atoms with Crippen molar-refractivity contribution >= 4 is 51.5 Å². The quantitative estimate of drug-likeness (QED) is 0.0898. The van der Waals surface area contributed by atoms with Crippen molar-refractivity contribution in [1.29, 1.82) is 0 Å². The highest BCUT2D eigenvalue weighted by atomic mass is 35.5. The number of fused-ring (bicyclic) bond motifs is 1. The van der Waals surface area contributed by atoms with Crippen LogP contribution in [-0.2, 0) is 38.5 Å². The number of amides is 1. The molecule has 13 heteroatoms. The average Bonchev–Trinajstić information content (AvgIpc) is 3.72. The van der Waals surface area contributed by atoms with Gasteiger partial charge in [-0.2, -0.15) is 0 Å². The predicted molar refractivity (Wildman–Crippen MR) is 197 cm³/mol. The van der Waals surface area contributed by atoms with E-state index in [0.717, 1.165) is 25.4 Å². The summed E-state index contributed by atoms with van der Waals surface area (Å²) in [5.41, 5.74) is 3.35. The lowest BCUT2D eigenvalue weighted by atomic mass is 10.1. The van der Waals surface area contributed by atoms with Gasteiger partial charge in [-0.05, 0) is 116 Å². The SMILES string of the molecule is COc1ccc2c(c1)c(CC(=O)OCC(O)C[S+]([O-])CC(=O)NCCCOc1cccc(CN3CCCC3)c1)c(C)n2C(=O)c1ccc(Cl)cc1. The molecule has 51 heavy (non-hydrogen) atoms. The third-order valence-corrected chi connectivity index (χ3v) is 10.3. The van der Waals surface area contributed by atoms with E-state index in [1.807, 2.05) is 18.2 Å². The van der Waals surface area contributed by atoms with Crippen LogP contribution >= 0.6 is 11.6 Å². The average molecular weight is 738 g/mol. The Hall–Kier alpha value is -4.07. The van der Waals surface area contributed by atoms with Crippen LogP contribution in [0.3, 0.4) is 0 Å². The highest BCUT2D eigenvalue weighted by Crippen LogP contribution is 2.31. The number of nitrogens with zero attached hydrogens (tertiary/aromatic N) is 2. The molecule has 272 valence electrons. The van der Waals surface area contributed by atoms with Gasteiger partial charge in [0, 0.05) is 34.8 Å². The van der Waals surface area contributed by atoms with Gasteiger partial charge in [-0.25, -0.2) is 0 Å². The zero-order chi connectivity index (χ0) is 36.3. The second kappa shape index (κ2) is 18.4. The van der Waals surface area contributed by atoms with E-state index in [1.54, 1.807) is 49.4 Å². The molecule has 4 aromatic rings. The molecule has 0 radical (unpaired) electrons. The summed E-state index contributed by atoms with van der Waals surface area (Å²) in [5.74, 6) is -0.502. The molecule has 1 amide bonds. The van der Waals surface area contributed by atoms with E-state index in [2.05, 4.69) is 16.3 Å². The van der Waals surface area contributed by atoms with Crippen molar-refractivity contribution in [3.05, 3.63) is 94.1 Å². The van der Waals surface area contributed by atoms with Crippen LogP contribution in [0.2, 0.25) is 5.02 Å². The second-order valence-electron chi connectivity index (χ2n) is 12.5. The Labute approximate surface area is 306 Å². The number of methoxy groups -OCH3 is 1. The van der Waals surface area contributed by atoms with Gasteiger partial charge in [0.2, 0.25) is 0 Å². The number of benzene rings is 3. The normalized spacial score (nSPS) is 14.3. The smallest absolute Gasteiger partial charge is 0.310 e. The zero-order valence-corrected chi connectivity index (χ0v) is 30.5. The molecule has 2 N–H and O–H groups in total. The minimum atomic E-state index is -1.67. The molecule has 1 aliphatic rings. The minimum absolute atomic E-state index is 0.178. The third kappa shape index (κ3) is 10.7. The number of likely N-dealkylation sites (tertiary alicyclic amines) is 1. The van der Waals surface area contributed by atoms with Gasteiger partial charge in [-0.3, -0.25) is 23.9 Å². The molecule has 1 fully saturated rings. The van der Waals surface area contributed by atoms with Gasteiger partial charge >= 0.3 is 5.97 Å². The summed E-state index contributed by atoms with van der Waals surface area (Å²) in [6, 6.07) is 19.8. The monoisotopic (exact) mass is 737 g/mol. The van der Waals surface area contributed by atoms with Gasteiger partial charge in [0.1, 0.15) is 30.0 Å². The predicted octanol–water partition coefficient (Wildman–Crippen LogP) is 4.68. The van der Waals surface area contributed by atoms with Crippen LogP contribution in [0.15, 0.2) is 66.7 Å². The number of aliphatic hydroxyl groups excluding tert-OH is 1. The van der Waals surface area contributed by atoms with Crippen LogP contribution < -0.4 is 14.8 Å². The highest BCUT2D eigenvalue weighted by Gasteiger charge is 2.24. The minimum Gasteiger partial charge on any atom is -0.616 e. The molecule has 2 heterocycles. The van der Waals surface area contributed by atoms with Crippen molar-refractivity contribution in [2.75, 3.05) is 51.5 Å². The lowest BCUT2D eigenvalue weighted by Crippen LogP contribution is -2.36. The van der Waals surface area contributed by atoms with Gasteiger partial charge in [0.15, 0.2) is 5.75 Å². The molecule has 1 saturated heterocycles. The first-order valence-corrected chi connectivity index (χ1v) is 18.9. The topological polar surface area (TPSA) is 142 Å². The van der Waals surface area contributed by atoms with Crippen molar-refractivity contribution in [3.63, 3.8) is 0 Å². The summed E-state index contributed by atoms with van der Waals surface area (Å²) < 4.78 is 30.6. The molecule has 11 nitrogen and oxygen atoms in total. The zero-order valence-electron chi connectivity index (χ0n) is 28.9. The van der Waals surface area contributed by atoms with Gasteiger partial charge in [-0.1, -0.05) is 23.7 Å². The van der Waals surface area contributed by atoms with Crippen molar-refractivity contribution in [2.24, 2.45) is 0 Å². The van der Waals surface area contributed by atoms with Crippen LogP contribution in [0, 0.1) is 6.92 Å². The molecule has 0 bridgehead atoms. The Morgan fingerprint density at radius 2 is 1.80 bits per heavy atom. The number of aromatic nitrogens is 1. The van der Waals surface area contributed by atoms with Gasteiger partial charge in [0.05, 0.1) is 25.7 Å². The number of halogens is 1. The van der Waals surface area contributed by atoms with Gasteiger partial charge < -0.3 is 29.2 Å². The fraction of sp³-hybridized carbons (Fsp3) is 0.395. The molecule has 0 spiro atoms. The number of nitrogens with one attached hydrogen (secondary N) is 1. The molecule has 2 unspecified atom stereocenters. The van der Waals surface area contributed by atoms with E-state index in [0.29, 0.717) is 58.1 Å². The van der Waals surface area contributed by atoms with E-state index >= 15 is 0 Å². The summed E-state index contributed by atoms with van der Waals surface area (Å²) in [6.07, 6.45) is 1.66.